The van der Waals surface area contributed by atoms with Gasteiger partial charge < -0.3 is 10.4 Å². The molecular formula is C16H14FNO3. The Balaban J connectivity index is 2.06. The lowest BCUT2D eigenvalue weighted by Gasteiger charge is -2.07. The van der Waals surface area contributed by atoms with Crippen LogP contribution in [0.5, 0.6) is 5.75 Å². The van der Waals surface area contributed by atoms with Crippen molar-refractivity contribution in [2.45, 2.75) is 13.5 Å². The summed E-state index contributed by atoms with van der Waals surface area (Å²) in [5.74, 6) is -1.17. The van der Waals surface area contributed by atoms with Gasteiger partial charge in [-0.15, -0.1) is 0 Å². The van der Waals surface area contributed by atoms with E-state index in [1.165, 1.54) is 49.4 Å². The average Bonchev–Trinajstić information content (AvgIpc) is 2.46. The highest BCUT2D eigenvalue weighted by atomic mass is 19.1. The van der Waals surface area contributed by atoms with Crippen LogP contribution >= 0.6 is 0 Å². The molecular weight excluding hydrogens is 273 g/mol. The molecule has 0 saturated heterocycles. The van der Waals surface area contributed by atoms with Crippen molar-refractivity contribution in [3.05, 3.63) is 65.0 Å². The van der Waals surface area contributed by atoms with Crippen LogP contribution in [0, 0.1) is 5.82 Å². The molecule has 21 heavy (non-hydrogen) atoms. The van der Waals surface area contributed by atoms with Gasteiger partial charge in [-0.1, -0.05) is 6.07 Å². The zero-order chi connectivity index (χ0) is 15.4. The molecule has 4 nitrogen and oxygen atoms in total. The van der Waals surface area contributed by atoms with E-state index in [1.54, 1.807) is 0 Å². The Labute approximate surface area is 121 Å². The van der Waals surface area contributed by atoms with E-state index in [1.807, 2.05) is 0 Å². The van der Waals surface area contributed by atoms with Crippen LogP contribution < -0.4 is 5.32 Å². The molecule has 0 spiro atoms. The number of amides is 1. The zero-order valence-electron chi connectivity index (χ0n) is 11.4. The highest BCUT2D eigenvalue weighted by molar-refractivity contribution is 5.95. The van der Waals surface area contributed by atoms with Crippen LogP contribution in [-0.2, 0) is 6.54 Å². The van der Waals surface area contributed by atoms with Gasteiger partial charge in [-0.2, -0.15) is 0 Å². The van der Waals surface area contributed by atoms with Crippen LogP contribution in [0.3, 0.4) is 0 Å². The number of hydrogen-bond acceptors (Lipinski definition) is 3. The van der Waals surface area contributed by atoms with Crippen LogP contribution in [0.1, 0.15) is 33.2 Å². The quantitative estimate of drug-likeness (QED) is 0.850. The molecule has 2 aromatic carbocycles. The molecule has 0 atom stereocenters. The fourth-order valence-electron chi connectivity index (χ4n) is 1.85. The SMILES string of the molecule is CC(=O)c1cc(CNC(=O)c2ccc(O)cc2)ccc1F. The first-order valence-corrected chi connectivity index (χ1v) is 6.34. The molecule has 0 fully saturated rings. The number of ketones is 1. The van der Waals surface area contributed by atoms with Crippen molar-refractivity contribution in [1.29, 1.82) is 0 Å². The third kappa shape index (κ3) is 3.66. The topological polar surface area (TPSA) is 66.4 Å². The molecule has 0 radical (unpaired) electrons. The zero-order valence-corrected chi connectivity index (χ0v) is 11.4. The van der Waals surface area contributed by atoms with Crippen LogP contribution in [0.2, 0.25) is 0 Å². The van der Waals surface area contributed by atoms with E-state index < -0.39 is 5.82 Å². The number of phenolic OH excluding ortho intramolecular Hbond substituents is 1. The Hall–Kier alpha value is -2.69. The molecule has 0 aliphatic rings. The maximum absolute atomic E-state index is 13.4. The maximum atomic E-state index is 13.4. The van der Waals surface area contributed by atoms with E-state index in [0.29, 0.717) is 11.1 Å². The second-order valence-corrected chi connectivity index (χ2v) is 4.60. The molecule has 0 aliphatic heterocycles. The summed E-state index contributed by atoms with van der Waals surface area (Å²) in [6, 6.07) is 9.97. The van der Waals surface area contributed by atoms with Crippen molar-refractivity contribution in [3.63, 3.8) is 0 Å². The summed E-state index contributed by atoms with van der Waals surface area (Å²) in [6.07, 6.45) is 0. The summed E-state index contributed by atoms with van der Waals surface area (Å²) in [5, 5.41) is 11.8. The minimum atomic E-state index is -0.573. The van der Waals surface area contributed by atoms with Crippen molar-refractivity contribution in [3.8, 4) is 5.75 Å². The van der Waals surface area contributed by atoms with Gasteiger partial charge >= 0.3 is 0 Å². The highest BCUT2D eigenvalue weighted by Gasteiger charge is 2.09. The normalized spacial score (nSPS) is 10.2. The number of hydrogen-bond donors (Lipinski definition) is 2. The molecule has 0 unspecified atom stereocenters. The van der Waals surface area contributed by atoms with Gasteiger partial charge in [-0.05, 0) is 48.9 Å². The number of phenols is 1. The third-order valence-corrected chi connectivity index (χ3v) is 2.99. The van der Waals surface area contributed by atoms with E-state index in [0.717, 1.165) is 0 Å². The van der Waals surface area contributed by atoms with Crippen molar-refractivity contribution < 1.29 is 19.1 Å². The Morgan fingerprint density at radius 2 is 1.81 bits per heavy atom. The summed E-state index contributed by atoms with van der Waals surface area (Å²) in [6.45, 7) is 1.47. The Kier molecular flexibility index (Phi) is 4.33. The van der Waals surface area contributed by atoms with E-state index in [9.17, 15) is 14.0 Å². The van der Waals surface area contributed by atoms with Crippen LogP contribution in [0.4, 0.5) is 4.39 Å². The van der Waals surface area contributed by atoms with E-state index >= 15 is 0 Å². The second kappa shape index (κ2) is 6.17. The molecule has 0 aliphatic carbocycles. The predicted octanol–water partition coefficient (Wildman–Crippen LogP) is 2.66. The van der Waals surface area contributed by atoms with Crippen molar-refractivity contribution in [1.82, 2.24) is 5.32 Å². The number of benzene rings is 2. The number of carbonyl (C=O) groups is 2. The molecule has 2 N–H and O–H groups in total. The average molecular weight is 287 g/mol. The maximum Gasteiger partial charge on any atom is 0.251 e. The lowest BCUT2D eigenvalue weighted by Crippen LogP contribution is -2.22. The fourth-order valence-corrected chi connectivity index (χ4v) is 1.85. The van der Waals surface area contributed by atoms with Crippen LogP contribution in [0.15, 0.2) is 42.5 Å². The molecule has 1 amide bonds. The first-order chi connectivity index (χ1) is 9.97. The molecule has 5 heteroatoms. The largest absolute Gasteiger partial charge is 0.508 e. The Morgan fingerprint density at radius 3 is 2.43 bits per heavy atom. The van der Waals surface area contributed by atoms with E-state index in [2.05, 4.69) is 5.32 Å². The van der Waals surface area contributed by atoms with Gasteiger partial charge in [0, 0.05) is 12.1 Å². The van der Waals surface area contributed by atoms with Gasteiger partial charge in [0.15, 0.2) is 5.78 Å². The second-order valence-electron chi connectivity index (χ2n) is 4.60. The monoisotopic (exact) mass is 287 g/mol. The third-order valence-electron chi connectivity index (χ3n) is 2.99. The van der Waals surface area contributed by atoms with Gasteiger partial charge in [0.2, 0.25) is 0 Å². The fraction of sp³-hybridized carbons (Fsp3) is 0.125. The number of rotatable bonds is 4. The Bertz CT molecular complexity index is 680. The van der Waals surface area contributed by atoms with Crippen LogP contribution in [0.25, 0.3) is 0 Å². The minimum Gasteiger partial charge on any atom is -0.508 e. The minimum absolute atomic E-state index is 0.00591. The van der Waals surface area contributed by atoms with Gasteiger partial charge in [-0.3, -0.25) is 9.59 Å². The first-order valence-electron chi connectivity index (χ1n) is 6.34. The summed E-state index contributed by atoms with van der Waals surface area (Å²) in [7, 11) is 0. The molecule has 0 bridgehead atoms. The molecule has 2 aromatic rings. The lowest BCUT2D eigenvalue weighted by molar-refractivity contribution is 0.0950. The van der Waals surface area contributed by atoms with Gasteiger partial charge in [0.25, 0.3) is 5.91 Å². The standard InChI is InChI=1S/C16H14FNO3/c1-10(19)14-8-11(2-7-15(14)17)9-18-16(21)12-3-5-13(20)6-4-12/h2-8,20H,9H2,1H3,(H,18,21). The smallest absolute Gasteiger partial charge is 0.251 e. The number of Topliss-reactive ketones (excluding diaryl/α,β-unsaturated/α-hetero) is 1. The first kappa shape index (κ1) is 14.7. The predicted molar refractivity (Wildman–Crippen MR) is 75.7 cm³/mol. The Morgan fingerprint density at radius 1 is 1.14 bits per heavy atom. The summed E-state index contributed by atoms with van der Waals surface area (Å²) in [4.78, 5) is 23.1. The number of nitrogens with one attached hydrogen (secondary N) is 1. The van der Waals surface area contributed by atoms with Gasteiger partial charge in [-0.25, -0.2) is 4.39 Å². The van der Waals surface area contributed by atoms with E-state index in [4.69, 9.17) is 5.11 Å². The van der Waals surface area contributed by atoms with Crippen LogP contribution in [-0.4, -0.2) is 16.8 Å². The molecule has 2 rings (SSSR count). The molecule has 108 valence electrons. The highest BCUT2D eigenvalue weighted by Crippen LogP contribution is 2.12. The molecule has 0 heterocycles. The number of halogens is 1. The lowest BCUT2D eigenvalue weighted by atomic mass is 10.1. The van der Waals surface area contributed by atoms with Crippen molar-refractivity contribution in [2.75, 3.05) is 0 Å². The van der Waals surface area contributed by atoms with Crippen molar-refractivity contribution >= 4 is 11.7 Å². The van der Waals surface area contributed by atoms with Gasteiger partial charge in [0.05, 0.1) is 5.56 Å². The van der Waals surface area contributed by atoms with E-state index in [-0.39, 0.29) is 29.5 Å². The molecule has 0 aromatic heterocycles. The van der Waals surface area contributed by atoms with Gasteiger partial charge in [0.1, 0.15) is 11.6 Å². The molecule has 0 saturated carbocycles. The number of aromatic hydroxyl groups is 1. The van der Waals surface area contributed by atoms with Crippen molar-refractivity contribution in [2.24, 2.45) is 0 Å². The summed E-state index contributed by atoms with van der Waals surface area (Å²) in [5.41, 5.74) is 1.04. The number of carbonyl (C=O) groups excluding carboxylic acids is 2. The summed E-state index contributed by atoms with van der Waals surface area (Å²) >= 11 is 0. The summed E-state index contributed by atoms with van der Waals surface area (Å²) < 4.78 is 13.4.